The molecule has 0 unspecified atom stereocenters. The molecule has 1 N–H and O–H groups in total. The zero-order valence-corrected chi connectivity index (χ0v) is 19.4. The van der Waals surface area contributed by atoms with E-state index >= 15 is 0 Å². The van der Waals surface area contributed by atoms with Crippen molar-refractivity contribution < 1.29 is 19.1 Å². The second-order valence-corrected chi connectivity index (χ2v) is 8.42. The third-order valence-corrected chi connectivity index (χ3v) is 6.16. The number of ketones is 1. The summed E-state index contributed by atoms with van der Waals surface area (Å²) >= 11 is 0. The Bertz CT molecular complexity index is 1400. The fourth-order valence-corrected chi connectivity index (χ4v) is 4.27. The van der Waals surface area contributed by atoms with Gasteiger partial charge in [-0.25, -0.2) is 14.5 Å². The predicted molar refractivity (Wildman–Crippen MR) is 129 cm³/mol. The summed E-state index contributed by atoms with van der Waals surface area (Å²) in [4.78, 5) is 47.6. The smallest absolute Gasteiger partial charge is 0.339 e. The van der Waals surface area contributed by atoms with Crippen LogP contribution in [0.3, 0.4) is 0 Å². The van der Waals surface area contributed by atoms with E-state index in [2.05, 4.69) is 10.1 Å². The van der Waals surface area contributed by atoms with Crippen LogP contribution in [0.4, 0.5) is 0 Å². The van der Waals surface area contributed by atoms with E-state index < -0.39 is 18.4 Å². The maximum atomic E-state index is 13.1. The lowest BCUT2D eigenvalue weighted by molar-refractivity contribution is 0.0476. The maximum absolute atomic E-state index is 13.1. The van der Waals surface area contributed by atoms with Crippen molar-refractivity contribution in [2.24, 2.45) is 0 Å². The van der Waals surface area contributed by atoms with E-state index in [1.165, 1.54) is 12.3 Å². The molecule has 0 spiro atoms. The number of carbonyl (C=O) groups is 3. The third-order valence-electron chi connectivity index (χ3n) is 6.16. The van der Waals surface area contributed by atoms with Crippen LogP contribution in [-0.4, -0.2) is 62.0 Å². The molecule has 1 aromatic carbocycles. The Kier molecular flexibility index (Phi) is 6.13. The van der Waals surface area contributed by atoms with Gasteiger partial charge in [-0.3, -0.25) is 9.59 Å². The first-order chi connectivity index (χ1) is 17.0. The number of carbonyl (C=O) groups excluding carboxylic acids is 3. The van der Waals surface area contributed by atoms with Crippen molar-refractivity contribution in [2.75, 3.05) is 19.7 Å². The van der Waals surface area contributed by atoms with Crippen molar-refractivity contribution in [1.29, 1.82) is 0 Å². The second kappa shape index (κ2) is 9.54. The number of Topliss-reactive ketones (excluding diaryl/α,β-unsaturated/α-hetero) is 1. The van der Waals surface area contributed by atoms with Gasteiger partial charge in [0.05, 0.1) is 22.8 Å². The Balaban J connectivity index is 1.35. The molecule has 0 radical (unpaired) electrons. The highest BCUT2D eigenvalue weighted by atomic mass is 16.5. The molecule has 1 amide bonds. The first kappa shape index (κ1) is 22.5. The van der Waals surface area contributed by atoms with E-state index in [1.807, 2.05) is 37.3 Å². The van der Waals surface area contributed by atoms with Crippen LogP contribution in [0.25, 0.3) is 22.3 Å². The van der Waals surface area contributed by atoms with Gasteiger partial charge in [-0.15, -0.1) is 0 Å². The monoisotopic (exact) mass is 471 g/mol. The molecule has 1 aliphatic heterocycles. The van der Waals surface area contributed by atoms with Gasteiger partial charge < -0.3 is 14.6 Å². The number of benzene rings is 1. The Morgan fingerprint density at radius 2 is 1.86 bits per heavy atom. The number of hydrogen-bond acceptors (Lipinski definition) is 6. The van der Waals surface area contributed by atoms with Gasteiger partial charge in [-0.2, -0.15) is 5.10 Å². The molecule has 9 nitrogen and oxygen atoms in total. The van der Waals surface area contributed by atoms with Crippen LogP contribution in [0, 0.1) is 0 Å². The molecule has 0 atom stereocenters. The number of aromatic amines is 1. The van der Waals surface area contributed by atoms with Crippen molar-refractivity contribution in [3.8, 4) is 11.3 Å². The van der Waals surface area contributed by atoms with E-state index in [9.17, 15) is 14.4 Å². The first-order valence-electron chi connectivity index (χ1n) is 11.6. The minimum absolute atomic E-state index is 0.126. The Labute approximate surface area is 201 Å². The number of H-pyrrole nitrogens is 1. The average molecular weight is 472 g/mol. The number of pyridine rings is 1. The van der Waals surface area contributed by atoms with E-state index in [0.717, 1.165) is 31.5 Å². The molecule has 1 saturated heterocycles. The van der Waals surface area contributed by atoms with Crippen molar-refractivity contribution in [3.05, 3.63) is 71.7 Å². The van der Waals surface area contributed by atoms with Gasteiger partial charge in [-0.1, -0.05) is 30.3 Å². The highest BCUT2D eigenvalue weighted by Gasteiger charge is 2.23. The number of nitrogens with zero attached hydrogens (tertiary/aromatic N) is 4. The standard InChI is InChI=1S/C26H25N5O4/c1-2-31-24-20(15-28-31)19(13-21(29-24)17-8-4-3-5-9-17)26(34)35-16-23(32)18-12-22(27-14-18)25(33)30-10-6-7-11-30/h3-5,8-9,12-15,27H,2,6-7,10-11,16H2,1H3. The van der Waals surface area contributed by atoms with Gasteiger partial charge in [0.25, 0.3) is 5.91 Å². The van der Waals surface area contributed by atoms with Crippen LogP contribution >= 0.6 is 0 Å². The number of amides is 1. The normalized spacial score (nSPS) is 13.3. The van der Waals surface area contributed by atoms with Gasteiger partial charge >= 0.3 is 5.97 Å². The Hall–Kier alpha value is -4.27. The van der Waals surface area contributed by atoms with Gasteiger partial charge in [0, 0.05) is 37.0 Å². The van der Waals surface area contributed by atoms with E-state index in [-0.39, 0.29) is 5.91 Å². The Morgan fingerprint density at radius 1 is 1.09 bits per heavy atom. The molecule has 178 valence electrons. The summed E-state index contributed by atoms with van der Waals surface area (Å²) in [7, 11) is 0. The largest absolute Gasteiger partial charge is 0.454 e. The van der Waals surface area contributed by atoms with E-state index in [1.54, 1.807) is 21.8 Å². The molecular weight excluding hydrogens is 446 g/mol. The van der Waals surface area contributed by atoms with Crippen molar-refractivity contribution in [3.63, 3.8) is 0 Å². The fraction of sp³-hybridized carbons (Fsp3) is 0.269. The Morgan fingerprint density at radius 3 is 2.60 bits per heavy atom. The zero-order valence-electron chi connectivity index (χ0n) is 19.4. The fourth-order valence-electron chi connectivity index (χ4n) is 4.27. The van der Waals surface area contributed by atoms with Gasteiger partial charge in [0.1, 0.15) is 5.69 Å². The van der Waals surface area contributed by atoms with Crippen LogP contribution in [0.5, 0.6) is 0 Å². The topological polar surface area (TPSA) is 110 Å². The third kappa shape index (κ3) is 4.44. The molecule has 4 heterocycles. The molecule has 3 aromatic heterocycles. The second-order valence-electron chi connectivity index (χ2n) is 8.42. The number of esters is 1. The summed E-state index contributed by atoms with van der Waals surface area (Å²) in [5.74, 6) is -1.16. The van der Waals surface area contributed by atoms with Crippen LogP contribution in [-0.2, 0) is 11.3 Å². The molecule has 0 aliphatic carbocycles. The number of ether oxygens (including phenoxy) is 1. The number of aryl methyl sites for hydroxylation is 1. The molecule has 4 aromatic rings. The number of aromatic nitrogens is 4. The molecule has 1 aliphatic rings. The van der Waals surface area contributed by atoms with Crippen LogP contribution < -0.4 is 0 Å². The quantitative estimate of drug-likeness (QED) is 0.325. The molecule has 35 heavy (non-hydrogen) atoms. The number of likely N-dealkylation sites (tertiary alicyclic amines) is 1. The van der Waals surface area contributed by atoms with E-state index in [0.29, 0.717) is 40.1 Å². The summed E-state index contributed by atoms with van der Waals surface area (Å²) < 4.78 is 7.10. The summed E-state index contributed by atoms with van der Waals surface area (Å²) in [6.07, 6.45) is 5.03. The van der Waals surface area contributed by atoms with Crippen LogP contribution in [0.15, 0.2) is 54.9 Å². The molecule has 0 bridgehead atoms. The van der Waals surface area contributed by atoms with Crippen molar-refractivity contribution in [1.82, 2.24) is 24.6 Å². The highest BCUT2D eigenvalue weighted by Crippen LogP contribution is 2.25. The van der Waals surface area contributed by atoms with Crippen LogP contribution in [0.2, 0.25) is 0 Å². The lowest BCUT2D eigenvalue weighted by Gasteiger charge is -2.13. The highest BCUT2D eigenvalue weighted by molar-refractivity contribution is 6.06. The van der Waals surface area contributed by atoms with E-state index in [4.69, 9.17) is 9.72 Å². The van der Waals surface area contributed by atoms with Gasteiger partial charge in [0.15, 0.2) is 12.3 Å². The van der Waals surface area contributed by atoms with Crippen molar-refractivity contribution >= 4 is 28.7 Å². The minimum Gasteiger partial charge on any atom is -0.454 e. The number of nitrogens with one attached hydrogen (secondary N) is 1. The summed E-state index contributed by atoms with van der Waals surface area (Å²) in [5.41, 5.74) is 2.98. The van der Waals surface area contributed by atoms with Gasteiger partial charge in [0.2, 0.25) is 5.78 Å². The van der Waals surface area contributed by atoms with Gasteiger partial charge in [-0.05, 0) is 31.9 Å². The molecule has 0 saturated carbocycles. The number of hydrogen-bond donors (Lipinski definition) is 1. The molecule has 1 fully saturated rings. The number of rotatable bonds is 7. The predicted octanol–water partition coefficient (Wildman–Crippen LogP) is 3.72. The summed E-state index contributed by atoms with van der Waals surface area (Å²) in [5, 5.41) is 4.89. The zero-order chi connectivity index (χ0) is 24.4. The number of fused-ring (bicyclic) bond motifs is 1. The van der Waals surface area contributed by atoms with Crippen LogP contribution in [0.1, 0.15) is 51.0 Å². The maximum Gasteiger partial charge on any atom is 0.339 e. The lowest BCUT2D eigenvalue weighted by Crippen LogP contribution is -2.27. The SMILES string of the molecule is CCn1ncc2c(C(=O)OCC(=O)c3c[nH]c(C(=O)N4CCCC4)c3)cc(-c3ccccc3)nc21. The summed E-state index contributed by atoms with van der Waals surface area (Å²) in [6.45, 7) is 3.53. The average Bonchev–Trinajstić information content (AvgIpc) is 3.67. The minimum atomic E-state index is -0.637. The lowest BCUT2D eigenvalue weighted by atomic mass is 10.1. The molecular formula is C26H25N5O4. The van der Waals surface area contributed by atoms with Crippen molar-refractivity contribution in [2.45, 2.75) is 26.3 Å². The first-order valence-corrected chi connectivity index (χ1v) is 11.6. The molecule has 9 heteroatoms. The molecule has 5 rings (SSSR count). The summed E-state index contributed by atoms with van der Waals surface area (Å²) in [6, 6.07) is 12.7.